The molecule has 112 valence electrons. The van der Waals surface area contributed by atoms with E-state index in [0.29, 0.717) is 4.47 Å². The maximum Gasteiger partial charge on any atom is 0.242 e. The molecule has 0 radical (unpaired) electrons. The quantitative estimate of drug-likeness (QED) is 0.769. The molecule has 0 fully saturated rings. The third kappa shape index (κ3) is 3.94. The van der Waals surface area contributed by atoms with Gasteiger partial charge < -0.3 is 0 Å². The molecule has 6 heteroatoms. The minimum atomic E-state index is -3.60. The summed E-state index contributed by atoms with van der Waals surface area (Å²) in [6.45, 7) is 3.81. The summed E-state index contributed by atoms with van der Waals surface area (Å²) in [5.74, 6) is 0. The molecule has 21 heavy (non-hydrogen) atoms. The molecular weight excluding hydrogens is 418 g/mol. The molecule has 0 saturated heterocycles. The van der Waals surface area contributed by atoms with Crippen LogP contribution in [-0.2, 0) is 10.0 Å². The Morgan fingerprint density at radius 1 is 1.10 bits per heavy atom. The minimum Gasteiger partial charge on any atom is -0.207 e. The van der Waals surface area contributed by atoms with Gasteiger partial charge in [-0.15, -0.1) is 0 Å². The molecule has 0 spiro atoms. The number of nitrogens with one attached hydrogen (secondary N) is 1. The first kappa shape index (κ1) is 16.7. The minimum absolute atomic E-state index is 0.220. The highest BCUT2D eigenvalue weighted by atomic mass is 79.9. The van der Waals surface area contributed by atoms with Gasteiger partial charge in [0, 0.05) is 15.0 Å². The van der Waals surface area contributed by atoms with E-state index in [0.717, 1.165) is 15.6 Å². The zero-order chi connectivity index (χ0) is 15.6. The summed E-state index contributed by atoms with van der Waals surface area (Å²) in [6.07, 6.45) is 0. The average Bonchev–Trinajstić information content (AvgIpc) is 2.41. The van der Waals surface area contributed by atoms with Crippen molar-refractivity contribution in [3.63, 3.8) is 0 Å². The first-order valence-corrected chi connectivity index (χ1v) is 9.41. The summed E-state index contributed by atoms with van der Waals surface area (Å²) >= 11 is 6.59. The van der Waals surface area contributed by atoms with Gasteiger partial charge in [0.25, 0.3) is 0 Å². The summed E-state index contributed by atoms with van der Waals surface area (Å²) in [4.78, 5) is 0.220. The van der Waals surface area contributed by atoms with E-state index in [1.165, 1.54) is 0 Å². The van der Waals surface area contributed by atoms with E-state index in [-0.39, 0.29) is 10.9 Å². The molecule has 0 aliphatic carbocycles. The largest absolute Gasteiger partial charge is 0.242 e. The molecule has 0 heterocycles. The lowest BCUT2D eigenvalue weighted by molar-refractivity contribution is 0.566. The lowest BCUT2D eigenvalue weighted by Crippen LogP contribution is -2.27. The van der Waals surface area contributed by atoms with E-state index in [9.17, 15) is 8.42 Å². The first-order chi connectivity index (χ1) is 9.81. The molecule has 1 unspecified atom stereocenters. The highest BCUT2D eigenvalue weighted by molar-refractivity contribution is 9.11. The lowest BCUT2D eigenvalue weighted by Gasteiger charge is -2.17. The van der Waals surface area contributed by atoms with Crippen LogP contribution in [0.15, 0.2) is 56.3 Å². The van der Waals surface area contributed by atoms with E-state index in [2.05, 4.69) is 36.6 Å². The van der Waals surface area contributed by atoms with Crippen LogP contribution in [0.5, 0.6) is 0 Å². The second-order valence-electron chi connectivity index (χ2n) is 4.77. The third-order valence-electron chi connectivity index (χ3n) is 3.17. The third-order valence-corrected chi connectivity index (χ3v) is 6.20. The normalized spacial score (nSPS) is 13.1. The smallest absolute Gasteiger partial charge is 0.207 e. The van der Waals surface area contributed by atoms with Crippen molar-refractivity contribution >= 4 is 41.9 Å². The number of hydrogen-bond acceptors (Lipinski definition) is 2. The van der Waals surface area contributed by atoms with Gasteiger partial charge in [0.05, 0.1) is 4.90 Å². The van der Waals surface area contributed by atoms with Crippen molar-refractivity contribution in [2.24, 2.45) is 0 Å². The molecule has 2 aromatic carbocycles. The molecule has 2 aromatic rings. The van der Waals surface area contributed by atoms with Gasteiger partial charge >= 0.3 is 0 Å². The fourth-order valence-corrected chi connectivity index (χ4v) is 4.84. The summed E-state index contributed by atoms with van der Waals surface area (Å²) < 4.78 is 29.1. The van der Waals surface area contributed by atoms with Gasteiger partial charge in [0.15, 0.2) is 0 Å². The Balaban J connectivity index is 2.34. The monoisotopic (exact) mass is 431 g/mol. The summed E-state index contributed by atoms with van der Waals surface area (Å²) in [5, 5.41) is 0. The number of aryl methyl sites for hydroxylation is 1. The Bertz CT molecular complexity index is 760. The van der Waals surface area contributed by atoms with Crippen molar-refractivity contribution in [3.8, 4) is 0 Å². The summed E-state index contributed by atoms with van der Waals surface area (Å²) in [7, 11) is -3.60. The van der Waals surface area contributed by atoms with Crippen LogP contribution in [0.4, 0.5) is 0 Å². The molecule has 1 atom stereocenters. The molecule has 0 saturated carbocycles. The topological polar surface area (TPSA) is 46.2 Å². The molecule has 1 N–H and O–H groups in total. The van der Waals surface area contributed by atoms with E-state index in [4.69, 9.17) is 0 Å². The molecule has 0 amide bonds. The molecule has 3 nitrogen and oxygen atoms in total. The molecule has 2 rings (SSSR count). The van der Waals surface area contributed by atoms with Crippen LogP contribution in [0.1, 0.15) is 24.1 Å². The predicted molar refractivity (Wildman–Crippen MR) is 91.8 cm³/mol. The summed E-state index contributed by atoms with van der Waals surface area (Å²) in [5.41, 5.74) is 2.02. The molecular formula is C15H15Br2NO2S. The van der Waals surface area contributed by atoms with Crippen molar-refractivity contribution in [2.75, 3.05) is 0 Å². The molecule has 0 aliphatic rings. The number of sulfonamides is 1. The van der Waals surface area contributed by atoms with Crippen LogP contribution in [0.2, 0.25) is 0 Å². The van der Waals surface area contributed by atoms with Crippen LogP contribution in [0.25, 0.3) is 0 Å². The van der Waals surface area contributed by atoms with Crippen molar-refractivity contribution in [2.45, 2.75) is 24.8 Å². The average molecular weight is 433 g/mol. The fraction of sp³-hybridized carbons (Fsp3) is 0.200. The SMILES string of the molecule is Cc1ccccc1C(C)NS(=O)(=O)c1cc(Br)ccc1Br. The second-order valence-corrected chi connectivity index (χ2v) is 8.23. The van der Waals surface area contributed by atoms with Crippen molar-refractivity contribution in [3.05, 3.63) is 62.5 Å². The molecule has 0 bridgehead atoms. The highest BCUT2D eigenvalue weighted by Gasteiger charge is 2.21. The lowest BCUT2D eigenvalue weighted by atomic mass is 10.0. The van der Waals surface area contributed by atoms with Crippen molar-refractivity contribution < 1.29 is 8.42 Å². The standard InChI is InChI=1S/C15H15Br2NO2S/c1-10-5-3-4-6-13(10)11(2)18-21(19,20)15-9-12(16)7-8-14(15)17/h3-9,11,18H,1-2H3. The maximum atomic E-state index is 12.5. The number of benzene rings is 2. The number of halogens is 2. The number of hydrogen-bond donors (Lipinski definition) is 1. The zero-order valence-electron chi connectivity index (χ0n) is 11.6. The van der Waals surface area contributed by atoms with Gasteiger partial charge in [0.1, 0.15) is 0 Å². The van der Waals surface area contributed by atoms with E-state index in [1.807, 2.05) is 38.1 Å². The Labute approximate surface area is 142 Å². The zero-order valence-corrected chi connectivity index (χ0v) is 15.6. The van der Waals surface area contributed by atoms with Gasteiger partial charge in [0.2, 0.25) is 10.0 Å². The number of rotatable bonds is 4. The fourth-order valence-electron chi connectivity index (χ4n) is 2.12. The Morgan fingerprint density at radius 2 is 1.76 bits per heavy atom. The van der Waals surface area contributed by atoms with E-state index >= 15 is 0 Å². The van der Waals surface area contributed by atoms with Gasteiger partial charge in [-0.3, -0.25) is 0 Å². The van der Waals surface area contributed by atoms with E-state index in [1.54, 1.807) is 18.2 Å². The summed E-state index contributed by atoms with van der Waals surface area (Å²) in [6, 6.07) is 12.5. The first-order valence-electron chi connectivity index (χ1n) is 6.34. The Kier molecular flexibility index (Phi) is 5.24. The Hall–Kier alpha value is -0.690. The van der Waals surface area contributed by atoms with Crippen molar-refractivity contribution in [1.29, 1.82) is 0 Å². The molecule has 0 aromatic heterocycles. The Morgan fingerprint density at radius 3 is 2.43 bits per heavy atom. The maximum absolute atomic E-state index is 12.5. The molecule has 0 aliphatic heterocycles. The van der Waals surface area contributed by atoms with E-state index < -0.39 is 10.0 Å². The van der Waals surface area contributed by atoms with Crippen LogP contribution in [0.3, 0.4) is 0 Å². The van der Waals surface area contributed by atoms with Gasteiger partial charge in [-0.05, 0) is 59.1 Å². The second kappa shape index (κ2) is 6.60. The van der Waals surface area contributed by atoms with Crippen LogP contribution in [0, 0.1) is 6.92 Å². The van der Waals surface area contributed by atoms with Crippen LogP contribution >= 0.6 is 31.9 Å². The van der Waals surface area contributed by atoms with Gasteiger partial charge in [-0.2, -0.15) is 0 Å². The van der Waals surface area contributed by atoms with Crippen LogP contribution in [-0.4, -0.2) is 8.42 Å². The van der Waals surface area contributed by atoms with Gasteiger partial charge in [-0.25, -0.2) is 13.1 Å². The van der Waals surface area contributed by atoms with Crippen molar-refractivity contribution in [1.82, 2.24) is 4.72 Å². The highest BCUT2D eigenvalue weighted by Crippen LogP contribution is 2.27. The predicted octanol–water partition coefficient (Wildman–Crippen LogP) is 4.56. The van der Waals surface area contributed by atoms with Crippen LogP contribution < -0.4 is 4.72 Å². The van der Waals surface area contributed by atoms with Gasteiger partial charge in [-0.1, -0.05) is 40.2 Å².